The van der Waals surface area contributed by atoms with Gasteiger partial charge in [0.1, 0.15) is 0 Å². The summed E-state index contributed by atoms with van der Waals surface area (Å²) in [5.74, 6) is 0.375. The van der Waals surface area contributed by atoms with Crippen LogP contribution in [-0.2, 0) is 0 Å². The van der Waals surface area contributed by atoms with Crippen LogP contribution in [0.3, 0.4) is 0 Å². The summed E-state index contributed by atoms with van der Waals surface area (Å²) >= 11 is 0. The lowest BCUT2D eigenvalue weighted by atomic mass is 10.5. The van der Waals surface area contributed by atoms with Crippen LogP contribution in [0.5, 0.6) is 0 Å². The lowest BCUT2D eigenvalue weighted by molar-refractivity contribution is 0.110. The summed E-state index contributed by atoms with van der Waals surface area (Å²) in [7, 11) is 0. The fourth-order valence-electron chi connectivity index (χ4n) is 0.612. The predicted octanol–water partition coefficient (Wildman–Crippen LogP) is 1.57. The highest BCUT2D eigenvalue weighted by atomic mass is 16.3. The third-order valence-electron chi connectivity index (χ3n) is 1.14. The van der Waals surface area contributed by atoms with Gasteiger partial charge in [0.2, 0.25) is 0 Å². The van der Waals surface area contributed by atoms with Gasteiger partial charge in [-0.15, -0.1) is 0 Å². The first kappa shape index (κ1) is 9.12. The number of carbonyl (C=O) groups is 1. The molecule has 2 aromatic heterocycles. The highest BCUT2D eigenvalue weighted by molar-refractivity contribution is 5.69. The van der Waals surface area contributed by atoms with Crippen molar-refractivity contribution in [2.45, 2.75) is 0 Å². The Hall–Kier alpha value is -1.97. The molecule has 2 aromatic rings. The molecule has 0 spiro atoms. The molecule has 0 saturated heterocycles. The summed E-state index contributed by atoms with van der Waals surface area (Å²) in [4.78, 5) is 17.2. The zero-order valence-electron chi connectivity index (χ0n) is 6.83. The number of aldehydes is 1. The van der Waals surface area contributed by atoms with E-state index in [0.29, 0.717) is 12.0 Å². The molecule has 0 bridgehead atoms. The third kappa shape index (κ3) is 3.81. The van der Waals surface area contributed by atoms with Gasteiger partial charge < -0.3 is 4.42 Å². The van der Waals surface area contributed by atoms with Gasteiger partial charge in [-0.1, -0.05) is 0 Å². The van der Waals surface area contributed by atoms with Crippen LogP contribution >= 0.6 is 0 Å². The highest BCUT2D eigenvalue weighted by Crippen LogP contribution is 1.92. The van der Waals surface area contributed by atoms with Crippen molar-refractivity contribution in [3.63, 3.8) is 0 Å². The molecule has 0 unspecified atom stereocenters. The Labute approximate surface area is 75.3 Å². The summed E-state index contributed by atoms with van der Waals surface area (Å²) in [6.45, 7) is 0. The first-order chi connectivity index (χ1) is 6.43. The van der Waals surface area contributed by atoms with E-state index in [0.717, 1.165) is 0 Å². The Kier molecular flexibility index (Phi) is 3.96. The monoisotopic (exact) mass is 176 g/mol. The van der Waals surface area contributed by atoms with Gasteiger partial charge in [-0.3, -0.25) is 14.8 Å². The van der Waals surface area contributed by atoms with Crippen molar-refractivity contribution >= 4 is 6.29 Å². The van der Waals surface area contributed by atoms with Gasteiger partial charge in [0.15, 0.2) is 12.0 Å². The zero-order valence-corrected chi connectivity index (χ0v) is 6.83. The van der Waals surface area contributed by atoms with E-state index in [2.05, 4.69) is 14.4 Å². The van der Waals surface area contributed by atoms with Gasteiger partial charge in [-0.05, 0) is 12.1 Å². The van der Waals surface area contributed by atoms with Crippen molar-refractivity contribution in [1.82, 2.24) is 9.97 Å². The molecule has 0 N–H and O–H groups in total. The second-order valence-corrected chi connectivity index (χ2v) is 2.03. The van der Waals surface area contributed by atoms with Crippen LogP contribution in [0, 0.1) is 0 Å². The van der Waals surface area contributed by atoms with Crippen LogP contribution in [0.1, 0.15) is 10.6 Å². The third-order valence-corrected chi connectivity index (χ3v) is 1.14. The summed E-state index contributed by atoms with van der Waals surface area (Å²) in [6, 6.07) is 3.27. The van der Waals surface area contributed by atoms with Gasteiger partial charge in [-0.25, -0.2) is 0 Å². The molecule has 0 aromatic carbocycles. The minimum absolute atomic E-state index is 0.375. The minimum atomic E-state index is 0.375. The Morgan fingerprint density at radius 1 is 1.15 bits per heavy atom. The fraction of sp³-hybridized carbons (Fsp3) is 0. The molecule has 0 aliphatic carbocycles. The molecule has 2 rings (SSSR count). The lowest BCUT2D eigenvalue weighted by Crippen LogP contribution is -1.66. The number of hydrogen-bond donors (Lipinski definition) is 0. The van der Waals surface area contributed by atoms with E-state index < -0.39 is 0 Å². The van der Waals surface area contributed by atoms with E-state index in [1.54, 1.807) is 36.9 Å². The number of carbonyl (C=O) groups excluding carboxylic acids is 1. The largest absolute Gasteiger partial charge is 0.462 e. The van der Waals surface area contributed by atoms with E-state index >= 15 is 0 Å². The van der Waals surface area contributed by atoms with E-state index in [1.165, 1.54) is 6.26 Å². The maximum atomic E-state index is 9.77. The topological polar surface area (TPSA) is 56.0 Å². The average Bonchev–Trinajstić information content (AvgIpc) is 2.74. The molecule has 4 heteroatoms. The van der Waals surface area contributed by atoms with Gasteiger partial charge >= 0.3 is 0 Å². The fourth-order valence-corrected chi connectivity index (χ4v) is 0.612. The summed E-state index contributed by atoms with van der Waals surface area (Å²) < 4.78 is 4.61. The predicted molar refractivity (Wildman–Crippen MR) is 46.1 cm³/mol. The molecule has 0 amide bonds. The van der Waals surface area contributed by atoms with E-state index in [4.69, 9.17) is 0 Å². The molecule has 66 valence electrons. The SMILES string of the molecule is O=Cc1ccco1.c1cnccn1. The normalized spacial score (nSPS) is 8.31. The Balaban J connectivity index is 0.000000132. The number of aromatic nitrogens is 2. The Morgan fingerprint density at radius 2 is 1.77 bits per heavy atom. The molecule has 4 nitrogen and oxygen atoms in total. The summed E-state index contributed by atoms with van der Waals surface area (Å²) in [6.07, 6.45) is 8.68. The van der Waals surface area contributed by atoms with E-state index in [9.17, 15) is 4.79 Å². The molecule has 13 heavy (non-hydrogen) atoms. The smallest absolute Gasteiger partial charge is 0.185 e. The van der Waals surface area contributed by atoms with E-state index in [-0.39, 0.29) is 0 Å². The molecule has 0 atom stereocenters. The van der Waals surface area contributed by atoms with Gasteiger partial charge in [0, 0.05) is 24.8 Å². The van der Waals surface area contributed by atoms with Crippen molar-refractivity contribution in [3.05, 3.63) is 48.9 Å². The maximum Gasteiger partial charge on any atom is 0.185 e. The first-order valence-electron chi connectivity index (χ1n) is 3.62. The molecule has 0 fully saturated rings. The molecule has 0 radical (unpaired) electrons. The molecule has 0 aliphatic rings. The van der Waals surface area contributed by atoms with Crippen LogP contribution < -0.4 is 0 Å². The molecular formula is C9H8N2O2. The van der Waals surface area contributed by atoms with Crippen LogP contribution in [0.15, 0.2) is 47.6 Å². The van der Waals surface area contributed by atoms with Crippen molar-refractivity contribution in [1.29, 1.82) is 0 Å². The van der Waals surface area contributed by atoms with Gasteiger partial charge in [0.05, 0.1) is 6.26 Å². The van der Waals surface area contributed by atoms with Crippen LogP contribution in [0.2, 0.25) is 0 Å². The standard InChI is InChI=1S/C5H4O2.C4H4N2/c6-4-5-2-1-3-7-5;1-2-6-4-3-5-1/h1-4H;1-4H. The van der Waals surface area contributed by atoms with Gasteiger partial charge in [-0.2, -0.15) is 0 Å². The van der Waals surface area contributed by atoms with Crippen molar-refractivity contribution < 1.29 is 9.21 Å². The quantitative estimate of drug-likeness (QED) is 0.619. The average molecular weight is 176 g/mol. The number of furan rings is 1. The second kappa shape index (κ2) is 5.65. The van der Waals surface area contributed by atoms with Crippen molar-refractivity contribution in [2.75, 3.05) is 0 Å². The number of rotatable bonds is 1. The van der Waals surface area contributed by atoms with Gasteiger partial charge in [0.25, 0.3) is 0 Å². The Morgan fingerprint density at radius 3 is 2.00 bits per heavy atom. The molecule has 0 saturated carbocycles. The van der Waals surface area contributed by atoms with Crippen LogP contribution in [0.4, 0.5) is 0 Å². The highest BCUT2D eigenvalue weighted by Gasteiger charge is 1.84. The molecule has 2 heterocycles. The summed E-state index contributed by atoms with van der Waals surface area (Å²) in [5.41, 5.74) is 0. The zero-order chi connectivity index (χ0) is 9.36. The van der Waals surface area contributed by atoms with Crippen molar-refractivity contribution in [3.8, 4) is 0 Å². The number of hydrogen-bond acceptors (Lipinski definition) is 4. The van der Waals surface area contributed by atoms with Crippen LogP contribution in [-0.4, -0.2) is 16.3 Å². The minimum Gasteiger partial charge on any atom is -0.462 e. The van der Waals surface area contributed by atoms with Crippen molar-refractivity contribution in [2.24, 2.45) is 0 Å². The lowest BCUT2D eigenvalue weighted by Gasteiger charge is -1.70. The molecular weight excluding hydrogens is 168 g/mol. The second-order valence-electron chi connectivity index (χ2n) is 2.03. The summed E-state index contributed by atoms with van der Waals surface area (Å²) in [5, 5.41) is 0. The molecule has 0 aliphatic heterocycles. The Bertz CT molecular complexity index is 292. The van der Waals surface area contributed by atoms with Crippen LogP contribution in [0.25, 0.3) is 0 Å². The first-order valence-corrected chi connectivity index (χ1v) is 3.62. The van der Waals surface area contributed by atoms with E-state index in [1.807, 2.05) is 0 Å². The maximum absolute atomic E-state index is 9.77. The number of nitrogens with zero attached hydrogens (tertiary/aromatic N) is 2.